The van der Waals surface area contributed by atoms with Gasteiger partial charge in [0.1, 0.15) is 11.5 Å². The van der Waals surface area contributed by atoms with E-state index in [1.807, 2.05) is 0 Å². The third kappa shape index (κ3) is 3.24. The summed E-state index contributed by atoms with van der Waals surface area (Å²) in [5.74, 6) is -4.42. The average Bonchev–Trinajstić information content (AvgIpc) is 3.00. The molecule has 0 aliphatic heterocycles. The molecule has 11 heteroatoms. The number of fused-ring (bicyclic) bond motifs is 3. The molecule has 1 aliphatic carbocycles. The molecule has 2 atom stereocenters. The highest BCUT2D eigenvalue weighted by atomic mass is 19.2. The number of nitro groups is 1. The number of imidazole rings is 1. The maximum atomic E-state index is 14.4. The lowest BCUT2D eigenvalue weighted by Crippen LogP contribution is -2.43. The number of nitrogens with zero attached hydrogens (tertiary/aromatic N) is 3. The second-order valence-corrected chi connectivity index (χ2v) is 6.73. The third-order valence-electron chi connectivity index (χ3n) is 5.06. The number of nitrogens with one attached hydrogen (secondary N) is 1. The topological polar surface area (TPSA) is 110 Å². The molecule has 2 heterocycles. The largest absolute Gasteiger partial charge is 0.465 e. The zero-order valence-electron chi connectivity index (χ0n) is 14.6. The Morgan fingerprint density at radius 2 is 1.93 bits per heavy atom. The number of carboxylic acid groups (broad SMARTS) is 1. The van der Waals surface area contributed by atoms with Gasteiger partial charge in [-0.2, -0.15) is 0 Å². The summed E-state index contributed by atoms with van der Waals surface area (Å²) in [6.07, 6.45) is 0.229. The van der Waals surface area contributed by atoms with Crippen LogP contribution in [0, 0.1) is 27.6 Å². The Balaban J connectivity index is 1.82. The molecule has 0 bridgehead atoms. The molecular formula is C18H13F3N4O4. The molecule has 3 aromatic rings. The first kappa shape index (κ1) is 18.7. The van der Waals surface area contributed by atoms with Crippen LogP contribution in [-0.2, 0) is 12.8 Å². The second-order valence-electron chi connectivity index (χ2n) is 6.73. The van der Waals surface area contributed by atoms with Crippen LogP contribution in [0.1, 0.15) is 22.9 Å². The molecule has 4 rings (SSSR count). The zero-order valence-corrected chi connectivity index (χ0v) is 14.6. The standard InChI is InChI=1S/C18H13F3N4O4/c19-11-6-13(21)12(20)4-9(11)10-5-15-16(7-14(10)23-18(26)27)24-2-1-8(25(28)29)3-17(24)22-15/h1-4,6,10,14,23H,5,7H2,(H,26,27)/t10-,14-/m1/s1. The first-order valence-electron chi connectivity index (χ1n) is 8.52. The van der Waals surface area contributed by atoms with Crippen LogP contribution in [0.25, 0.3) is 5.65 Å². The number of carbonyl (C=O) groups is 1. The molecule has 2 aromatic heterocycles. The fraction of sp³-hybridized carbons (Fsp3) is 0.222. The minimum absolute atomic E-state index is 0.0394. The lowest BCUT2D eigenvalue weighted by Gasteiger charge is -2.31. The molecule has 29 heavy (non-hydrogen) atoms. The monoisotopic (exact) mass is 406 g/mol. The fourth-order valence-electron chi connectivity index (χ4n) is 3.79. The van der Waals surface area contributed by atoms with E-state index in [1.165, 1.54) is 18.3 Å². The molecule has 1 aliphatic rings. The lowest BCUT2D eigenvalue weighted by atomic mass is 9.80. The van der Waals surface area contributed by atoms with Crippen molar-refractivity contribution >= 4 is 17.4 Å². The van der Waals surface area contributed by atoms with Crippen LogP contribution in [0.4, 0.5) is 23.7 Å². The van der Waals surface area contributed by atoms with Crippen LogP contribution in [0.15, 0.2) is 30.5 Å². The van der Waals surface area contributed by atoms with E-state index >= 15 is 0 Å². The first-order valence-corrected chi connectivity index (χ1v) is 8.52. The number of aromatic nitrogens is 2. The molecule has 0 spiro atoms. The number of pyridine rings is 1. The van der Waals surface area contributed by atoms with Gasteiger partial charge in [0.2, 0.25) is 0 Å². The second kappa shape index (κ2) is 6.76. The lowest BCUT2D eigenvalue weighted by molar-refractivity contribution is -0.384. The van der Waals surface area contributed by atoms with E-state index in [1.54, 1.807) is 4.40 Å². The number of halogens is 3. The molecule has 1 aromatic carbocycles. The van der Waals surface area contributed by atoms with Gasteiger partial charge in [0.05, 0.1) is 16.7 Å². The van der Waals surface area contributed by atoms with Gasteiger partial charge in [-0.05, 0) is 11.6 Å². The Hall–Kier alpha value is -3.63. The van der Waals surface area contributed by atoms with Gasteiger partial charge in [0, 0.05) is 48.8 Å². The van der Waals surface area contributed by atoms with Crippen molar-refractivity contribution in [2.45, 2.75) is 24.8 Å². The minimum atomic E-state index is -1.35. The summed E-state index contributed by atoms with van der Waals surface area (Å²) in [7, 11) is 0. The van der Waals surface area contributed by atoms with E-state index in [0.717, 1.165) is 6.07 Å². The average molecular weight is 406 g/mol. The molecular weight excluding hydrogens is 393 g/mol. The van der Waals surface area contributed by atoms with E-state index in [2.05, 4.69) is 10.3 Å². The number of rotatable bonds is 3. The number of hydrogen-bond donors (Lipinski definition) is 2. The van der Waals surface area contributed by atoms with Crippen molar-refractivity contribution < 1.29 is 28.0 Å². The Morgan fingerprint density at radius 3 is 2.62 bits per heavy atom. The maximum Gasteiger partial charge on any atom is 0.404 e. The van der Waals surface area contributed by atoms with Crippen molar-refractivity contribution in [1.82, 2.24) is 14.7 Å². The number of benzene rings is 1. The van der Waals surface area contributed by atoms with Crippen LogP contribution < -0.4 is 5.32 Å². The van der Waals surface area contributed by atoms with Crippen molar-refractivity contribution in [3.05, 3.63) is 75.0 Å². The van der Waals surface area contributed by atoms with E-state index in [-0.39, 0.29) is 29.7 Å². The number of amides is 1. The molecule has 0 radical (unpaired) electrons. The molecule has 0 saturated carbocycles. The summed E-state index contributed by atoms with van der Waals surface area (Å²) >= 11 is 0. The molecule has 1 amide bonds. The van der Waals surface area contributed by atoms with E-state index < -0.39 is 40.4 Å². The van der Waals surface area contributed by atoms with Gasteiger partial charge in [-0.3, -0.25) is 10.1 Å². The smallest absolute Gasteiger partial charge is 0.404 e. The fourth-order valence-corrected chi connectivity index (χ4v) is 3.79. The number of hydrogen-bond acceptors (Lipinski definition) is 4. The maximum absolute atomic E-state index is 14.4. The highest BCUT2D eigenvalue weighted by molar-refractivity contribution is 5.65. The summed E-state index contributed by atoms with van der Waals surface area (Å²) in [4.78, 5) is 26.0. The Kier molecular flexibility index (Phi) is 4.36. The summed E-state index contributed by atoms with van der Waals surface area (Å²) in [5.41, 5.74) is 1.03. The molecule has 8 nitrogen and oxygen atoms in total. The van der Waals surface area contributed by atoms with Crippen LogP contribution in [0.5, 0.6) is 0 Å². The van der Waals surface area contributed by atoms with Crippen LogP contribution in [-0.4, -0.2) is 31.5 Å². The van der Waals surface area contributed by atoms with Gasteiger partial charge in [0.15, 0.2) is 11.6 Å². The normalized spacial score (nSPS) is 18.4. The van der Waals surface area contributed by atoms with Gasteiger partial charge in [-0.15, -0.1) is 0 Å². The van der Waals surface area contributed by atoms with Gasteiger partial charge in [-0.25, -0.2) is 22.9 Å². The summed E-state index contributed by atoms with van der Waals surface area (Å²) in [6.45, 7) is 0. The predicted molar refractivity (Wildman–Crippen MR) is 93.3 cm³/mol. The molecule has 0 unspecified atom stereocenters. The highest BCUT2D eigenvalue weighted by Gasteiger charge is 2.36. The molecule has 0 saturated heterocycles. The third-order valence-corrected chi connectivity index (χ3v) is 5.06. The highest BCUT2D eigenvalue weighted by Crippen LogP contribution is 2.35. The van der Waals surface area contributed by atoms with E-state index in [4.69, 9.17) is 0 Å². The minimum Gasteiger partial charge on any atom is -0.465 e. The van der Waals surface area contributed by atoms with Gasteiger partial charge in [0.25, 0.3) is 5.69 Å². The van der Waals surface area contributed by atoms with E-state index in [9.17, 15) is 33.2 Å². The summed E-state index contributed by atoms with van der Waals surface area (Å²) < 4.78 is 43.0. The van der Waals surface area contributed by atoms with Crippen molar-refractivity contribution in [3.63, 3.8) is 0 Å². The van der Waals surface area contributed by atoms with E-state index in [0.29, 0.717) is 17.5 Å². The quantitative estimate of drug-likeness (QED) is 0.394. The van der Waals surface area contributed by atoms with Crippen LogP contribution >= 0.6 is 0 Å². The Morgan fingerprint density at radius 1 is 1.21 bits per heavy atom. The van der Waals surface area contributed by atoms with Crippen molar-refractivity contribution in [3.8, 4) is 0 Å². The van der Waals surface area contributed by atoms with Crippen LogP contribution in [0.3, 0.4) is 0 Å². The summed E-state index contributed by atoms with van der Waals surface area (Å²) in [6, 6.07) is 2.86. The first-order chi connectivity index (χ1) is 13.7. The summed E-state index contributed by atoms with van der Waals surface area (Å²) in [5, 5.41) is 22.5. The van der Waals surface area contributed by atoms with Gasteiger partial charge >= 0.3 is 6.09 Å². The van der Waals surface area contributed by atoms with Gasteiger partial charge in [-0.1, -0.05) is 0 Å². The molecule has 0 fully saturated rings. The SMILES string of the molecule is O=C(O)N[C@@H]1Cc2c(nc3cc([N+](=O)[O-])ccn23)C[C@@H]1c1cc(F)c(F)cc1F. The zero-order chi connectivity index (χ0) is 20.9. The van der Waals surface area contributed by atoms with Crippen LogP contribution in [0.2, 0.25) is 0 Å². The van der Waals surface area contributed by atoms with Crippen molar-refractivity contribution in [2.75, 3.05) is 0 Å². The molecule has 2 N–H and O–H groups in total. The Bertz CT molecular complexity index is 1160. The van der Waals surface area contributed by atoms with Gasteiger partial charge < -0.3 is 14.8 Å². The Labute approximate surface area is 160 Å². The molecule has 150 valence electrons. The van der Waals surface area contributed by atoms with Crippen molar-refractivity contribution in [2.24, 2.45) is 0 Å². The predicted octanol–water partition coefficient (Wildman–Crippen LogP) is 3.18. The van der Waals surface area contributed by atoms with Crippen molar-refractivity contribution in [1.29, 1.82) is 0 Å².